The van der Waals surface area contributed by atoms with E-state index in [4.69, 9.17) is 11.6 Å². The number of hydrogen-bond donors (Lipinski definition) is 1. The first-order valence-electron chi connectivity index (χ1n) is 5.78. The number of rotatable bonds is 4. The number of nitrogens with zero attached hydrogens (tertiary/aromatic N) is 1. The molecule has 104 valence electrons. The van der Waals surface area contributed by atoms with Gasteiger partial charge >= 0.3 is 5.00 Å². The van der Waals surface area contributed by atoms with Crippen LogP contribution < -0.4 is 5.32 Å². The Bertz CT molecular complexity index is 657. The minimum Gasteiger partial charge on any atom is -0.345 e. The van der Waals surface area contributed by atoms with Crippen LogP contribution in [0.3, 0.4) is 0 Å². The van der Waals surface area contributed by atoms with E-state index in [1.54, 1.807) is 18.2 Å². The lowest BCUT2D eigenvalue weighted by molar-refractivity contribution is -0.380. The molecule has 0 radical (unpaired) electrons. The van der Waals surface area contributed by atoms with Gasteiger partial charge in [-0.1, -0.05) is 35.1 Å². The van der Waals surface area contributed by atoms with Crippen LogP contribution in [0.2, 0.25) is 5.02 Å². The molecule has 0 saturated carbocycles. The summed E-state index contributed by atoms with van der Waals surface area (Å²) in [6.07, 6.45) is 0. The topological polar surface area (TPSA) is 72.2 Å². The lowest BCUT2D eigenvalue weighted by atomic mass is 10.1. The average Bonchev–Trinajstić information content (AvgIpc) is 2.88. The van der Waals surface area contributed by atoms with Gasteiger partial charge in [0.1, 0.15) is 0 Å². The second-order valence-electron chi connectivity index (χ2n) is 4.15. The minimum absolute atomic E-state index is 0.0504. The molecule has 1 aromatic heterocycles. The number of nitrogens with one attached hydrogen (secondary N) is 1. The van der Waals surface area contributed by atoms with Crippen LogP contribution in [0.15, 0.2) is 36.4 Å². The standard InChI is InChI=1S/C13H11ClN2O3S/c1-8(9-3-2-4-10(14)7-9)15-13(17)11-5-6-12(20-11)16(18)19/h2-8H,1H3,(H,15,17). The van der Waals surface area contributed by atoms with Crippen LogP contribution >= 0.6 is 22.9 Å². The molecule has 0 saturated heterocycles. The van der Waals surface area contributed by atoms with Gasteiger partial charge in [-0.2, -0.15) is 0 Å². The van der Waals surface area contributed by atoms with E-state index < -0.39 is 4.92 Å². The molecule has 1 aromatic carbocycles. The van der Waals surface area contributed by atoms with Crippen LogP contribution in [0.25, 0.3) is 0 Å². The average molecular weight is 311 g/mol. The number of halogens is 1. The minimum atomic E-state index is -0.512. The van der Waals surface area contributed by atoms with Gasteiger partial charge in [-0.3, -0.25) is 14.9 Å². The fraction of sp³-hybridized carbons (Fsp3) is 0.154. The Hall–Kier alpha value is -1.92. The molecule has 1 amide bonds. The third-order valence-corrected chi connectivity index (χ3v) is 3.96. The fourth-order valence-corrected chi connectivity index (χ4v) is 2.60. The van der Waals surface area contributed by atoms with E-state index in [-0.39, 0.29) is 17.0 Å². The summed E-state index contributed by atoms with van der Waals surface area (Å²) in [6.45, 7) is 1.82. The maximum absolute atomic E-state index is 12.0. The first-order chi connectivity index (χ1) is 9.47. The molecule has 0 aliphatic rings. The van der Waals surface area contributed by atoms with Crippen molar-refractivity contribution in [2.75, 3.05) is 0 Å². The molecule has 1 N–H and O–H groups in total. The second kappa shape index (κ2) is 6.02. The highest BCUT2D eigenvalue weighted by molar-refractivity contribution is 7.17. The molecule has 1 unspecified atom stereocenters. The van der Waals surface area contributed by atoms with Crippen molar-refractivity contribution < 1.29 is 9.72 Å². The van der Waals surface area contributed by atoms with Gasteiger partial charge in [0.05, 0.1) is 15.8 Å². The van der Waals surface area contributed by atoms with Crippen molar-refractivity contribution in [1.82, 2.24) is 5.32 Å². The zero-order valence-corrected chi connectivity index (χ0v) is 12.1. The molecule has 0 bridgehead atoms. The van der Waals surface area contributed by atoms with Crippen molar-refractivity contribution in [3.05, 3.63) is 62.0 Å². The number of thiophene rings is 1. The van der Waals surface area contributed by atoms with Crippen LogP contribution in [0.1, 0.15) is 28.2 Å². The molecule has 1 atom stereocenters. The predicted octanol–water partition coefficient (Wildman–Crippen LogP) is 3.80. The van der Waals surface area contributed by atoms with Gasteiger partial charge in [-0.15, -0.1) is 0 Å². The molecule has 0 aliphatic heterocycles. The summed E-state index contributed by atoms with van der Waals surface area (Å²) in [7, 11) is 0. The number of carbonyl (C=O) groups is 1. The van der Waals surface area contributed by atoms with Gasteiger partial charge in [-0.25, -0.2) is 0 Å². The van der Waals surface area contributed by atoms with Crippen molar-refractivity contribution in [2.45, 2.75) is 13.0 Å². The number of amides is 1. The van der Waals surface area contributed by atoms with Crippen LogP contribution in [-0.2, 0) is 0 Å². The smallest absolute Gasteiger partial charge is 0.324 e. The molecule has 0 aliphatic carbocycles. The van der Waals surface area contributed by atoms with E-state index in [0.29, 0.717) is 9.90 Å². The quantitative estimate of drug-likeness (QED) is 0.689. The molecule has 7 heteroatoms. The number of carbonyl (C=O) groups excluding carboxylic acids is 1. The molecule has 5 nitrogen and oxygen atoms in total. The van der Waals surface area contributed by atoms with Gasteiger partial charge < -0.3 is 5.32 Å². The third-order valence-electron chi connectivity index (χ3n) is 2.69. The van der Waals surface area contributed by atoms with Crippen molar-refractivity contribution in [1.29, 1.82) is 0 Å². The normalized spacial score (nSPS) is 11.9. The van der Waals surface area contributed by atoms with Gasteiger partial charge in [-0.05, 0) is 30.7 Å². The van der Waals surface area contributed by atoms with E-state index in [0.717, 1.165) is 16.9 Å². The van der Waals surface area contributed by atoms with Crippen molar-refractivity contribution in [2.24, 2.45) is 0 Å². The Labute approximate surface area is 124 Å². The number of nitro groups is 1. The van der Waals surface area contributed by atoms with E-state index in [2.05, 4.69) is 5.32 Å². The lowest BCUT2D eigenvalue weighted by Gasteiger charge is -2.13. The highest BCUT2D eigenvalue weighted by Crippen LogP contribution is 2.25. The lowest BCUT2D eigenvalue weighted by Crippen LogP contribution is -2.25. The Morgan fingerprint density at radius 1 is 1.40 bits per heavy atom. The predicted molar refractivity (Wildman–Crippen MR) is 78.3 cm³/mol. The van der Waals surface area contributed by atoms with Gasteiger partial charge in [0.25, 0.3) is 5.91 Å². The molecule has 2 rings (SSSR count). The van der Waals surface area contributed by atoms with Gasteiger partial charge in [0.2, 0.25) is 0 Å². The van der Waals surface area contributed by atoms with E-state index in [1.807, 2.05) is 13.0 Å². The zero-order valence-electron chi connectivity index (χ0n) is 10.5. The maximum Gasteiger partial charge on any atom is 0.324 e. The van der Waals surface area contributed by atoms with Crippen molar-refractivity contribution in [3.8, 4) is 0 Å². The fourth-order valence-electron chi connectivity index (χ4n) is 1.67. The van der Waals surface area contributed by atoms with Crippen LogP contribution in [-0.4, -0.2) is 10.8 Å². The molecular weight excluding hydrogens is 300 g/mol. The third kappa shape index (κ3) is 3.34. The first kappa shape index (κ1) is 14.5. The highest BCUT2D eigenvalue weighted by Gasteiger charge is 2.17. The molecule has 20 heavy (non-hydrogen) atoms. The summed E-state index contributed by atoms with van der Waals surface area (Å²) in [5.74, 6) is -0.337. The first-order valence-corrected chi connectivity index (χ1v) is 6.97. The van der Waals surface area contributed by atoms with Crippen molar-refractivity contribution >= 4 is 33.8 Å². The Kier molecular flexibility index (Phi) is 4.36. The molecule has 1 heterocycles. The Morgan fingerprint density at radius 2 is 2.15 bits per heavy atom. The second-order valence-corrected chi connectivity index (χ2v) is 5.64. The van der Waals surface area contributed by atoms with E-state index in [1.165, 1.54) is 12.1 Å². The molecule has 2 aromatic rings. The highest BCUT2D eigenvalue weighted by atomic mass is 35.5. The summed E-state index contributed by atoms with van der Waals surface area (Å²) < 4.78 is 0. The zero-order chi connectivity index (χ0) is 14.7. The number of hydrogen-bond acceptors (Lipinski definition) is 4. The van der Waals surface area contributed by atoms with Crippen LogP contribution in [0, 0.1) is 10.1 Å². The number of benzene rings is 1. The summed E-state index contributed by atoms with van der Waals surface area (Å²) >= 11 is 6.75. The van der Waals surface area contributed by atoms with Gasteiger partial charge in [0, 0.05) is 11.1 Å². The molecule has 0 spiro atoms. The van der Waals surface area contributed by atoms with Crippen LogP contribution in [0.5, 0.6) is 0 Å². The maximum atomic E-state index is 12.0. The summed E-state index contributed by atoms with van der Waals surface area (Å²) in [5.41, 5.74) is 0.872. The van der Waals surface area contributed by atoms with Gasteiger partial charge in [0.15, 0.2) is 0 Å². The Morgan fingerprint density at radius 3 is 2.75 bits per heavy atom. The van der Waals surface area contributed by atoms with E-state index >= 15 is 0 Å². The largest absolute Gasteiger partial charge is 0.345 e. The van der Waals surface area contributed by atoms with Crippen molar-refractivity contribution in [3.63, 3.8) is 0 Å². The summed E-state index contributed by atoms with van der Waals surface area (Å²) in [6, 6.07) is 9.71. The SMILES string of the molecule is CC(NC(=O)c1ccc([N+](=O)[O-])s1)c1cccc(Cl)c1. The van der Waals surface area contributed by atoms with E-state index in [9.17, 15) is 14.9 Å². The van der Waals surface area contributed by atoms with Crippen LogP contribution in [0.4, 0.5) is 5.00 Å². The molecular formula is C13H11ClN2O3S. The summed E-state index contributed by atoms with van der Waals surface area (Å²) in [4.78, 5) is 22.4. The molecule has 0 fully saturated rings. The summed E-state index contributed by atoms with van der Waals surface area (Å²) in [5, 5.41) is 13.9. The Balaban J connectivity index is 2.08. The monoisotopic (exact) mass is 310 g/mol.